The van der Waals surface area contributed by atoms with E-state index in [1.165, 1.54) is 141 Å². The summed E-state index contributed by atoms with van der Waals surface area (Å²) >= 11 is 0. The van der Waals surface area contributed by atoms with Gasteiger partial charge in [0.2, 0.25) is 0 Å². The third kappa shape index (κ3) is 18.2. The van der Waals surface area contributed by atoms with Gasteiger partial charge in [-0.2, -0.15) is 0 Å². The highest BCUT2D eigenvalue weighted by molar-refractivity contribution is 5.07. The predicted molar refractivity (Wildman–Crippen MR) is 139 cm³/mol. The van der Waals surface area contributed by atoms with Crippen molar-refractivity contribution in [2.24, 2.45) is 0 Å². The van der Waals surface area contributed by atoms with Crippen molar-refractivity contribution in [3.8, 4) is 0 Å². The van der Waals surface area contributed by atoms with Crippen LogP contribution in [0.4, 0.5) is 0 Å². The Bertz CT molecular complexity index is 502. The molecule has 178 valence electrons. The molecular formula is C30H54N+. The molecule has 1 heterocycles. The minimum atomic E-state index is 1.18. The molecular weight excluding hydrogens is 374 g/mol. The maximum atomic E-state index is 2.43. The summed E-state index contributed by atoms with van der Waals surface area (Å²) in [4.78, 5) is 0. The first kappa shape index (κ1) is 27.9. The molecule has 0 aromatic carbocycles. The second kappa shape index (κ2) is 22.1. The van der Waals surface area contributed by atoms with Crippen LogP contribution >= 0.6 is 0 Å². The van der Waals surface area contributed by atoms with E-state index in [1.807, 2.05) is 0 Å². The van der Waals surface area contributed by atoms with Crippen LogP contribution < -0.4 is 4.57 Å². The number of rotatable bonds is 22. The molecule has 0 saturated carbocycles. The smallest absolute Gasteiger partial charge is 0.169 e. The predicted octanol–water partition coefficient (Wildman–Crippen LogP) is 9.52. The lowest BCUT2D eigenvalue weighted by Gasteiger charge is -2.02. The SMILES string of the molecule is CCCCCCCC/C=C\CCCCCCCC[n+]1ccc(CCCCCCC)cc1. The summed E-state index contributed by atoms with van der Waals surface area (Å²) in [6, 6.07) is 4.67. The number of aryl methyl sites for hydroxylation is 2. The Hall–Kier alpha value is -1.11. The number of allylic oxidation sites excluding steroid dienone is 2. The summed E-state index contributed by atoms with van der Waals surface area (Å²) in [6.45, 7) is 5.75. The molecule has 0 aliphatic heterocycles. The van der Waals surface area contributed by atoms with Crippen LogP contribution in [0.15, 0.2) is 36.7 Å². The molecule has 0 aliphatic carbocycles. The molecule has 0 spiro atoms. The van der Waals surface area contributed by atoms with Crippen molar-refractivity contribution in [3.63, 3.8) is 0 Å². The van der Waals surface area contributed by atoms with Gasteiger partial charge in [-0.15, -0.1) is 0 Å². The molecule has 1 nitrogen and oxygen atoms in total. The maximum Gasteiger partial charge on any atom is 0.169 e. The number of aromatic nitrogens is 1. The molecule has 1 heteroatoms. The molecule has 0 aliphatic rings. The van der Waals surface area contributed by atoms with Crippen LogP contribution in [-0.2, 0) is 13.0 Å². The zero-order valence-corrected chi connectivity index (χ0v) is 21.3. The standard InChI is InChI=1S/C30H54N/c1-3-5-7-9-10-11-12-13-14-15-16-17-18-19-21-23-27-31-28-25-30(26-29-31)24-22-20-8-6-4-2/h13-14,25-26,28-29H,3-12,15-24,27H2,1-2H3/q+1/b14-13-. The average molecular weight is 429 g/mol. The Kier molecular flexibility index (Phi) is 19.9. The third-order valence-electron chi connectivity index (χ3n) is 6.46. The van der Waals surface area contributed by atoms with Crippen molar-refractivity contribution in [2.45, 2.75) is 149 Å². The van der Waals surface area contributed by atoms with Gasteiger partial charge in [0.15, 0.2) is 12.4 Å². The lowest BCUT2D eigenvalue weighted by Crippen LogP contribution is -2.32. The van der Waals surface area contributed by atoms with E-state index in [2.05, 4.69) is 55.1 Å². The first-order valence-electron chi connectivity index (χ1n) is 14.0. The highest BCUT2D eigenvalue weighted by Crippen LogP contribution is 2.10. The average Bonchev–Trinajstić information content (AvgIpc) is 2.79. The molecule has 31 heavy (non-hydrogen) atoms. The number of pyridine rings is 1. The maximum absolute atomic E-state index is 2.43. The lowest BCUT2D eigenvalue weighted by atomic mass is 10.1. The van der Waals surface area contributed by atoms with Gasteiger partial charge >= 0.3 is 0 Å². The summed E-state index contributed by atoms with van der Waals surface area (Å²) in [5.74, 6) is 0. The van der Waals surface area contributed by atoms with E-state index in [1.54, 1.807) is 0 Å². The zero-order chi connectivity index (χ0) is 22.2. The molecule has 0 radical (unpaired) electrons. The van der Waals surface area contributed by atoms with Gasteiger partial charge in [0.05, 0.1) is 0 Å². The Morgan fingerprint density at radius 1 is 0.548 bits per heavy atom. The fourth-order valence-electron chi connectivity index (χ4n) is 4.28. The molecule has 1 aromatic rings. The highest BCUT2D eigenvalue weighted by Gasteiger charge is 2.01. The summed E-state index contributed by atoms with van der Waals surface area (Å²) in [5.41, 5.74) is 1.51. The lowest BCUT2D eigenvalue weighted by molar-refractivity contribution is -0.697. The summed E-state index contributed by atoms with van der Waals surface area (Å²) in [6.07, 6.45) is 36.9. The zero-order valence-electron chi connectivity index (χ0n) is 21.3. The van der Waals surface area contributed by atoms with Gasteiger partial charge in [0.1, 0.15) is 6.54 Å². The Balaban J connectivity index is 1.88. The van der Waals surface area contributed by atoms with E-state index in [0.717, 1.165) is 0 Å². The van der Waals surface area contributed by atoms with Gasteiger partial charge in [-0.25, -0.2) is 4.57 Å². The van der Waals surface area contributed by atoms with Crippen LogP contribution in [0, 0.1) is 0 Å². The Morgan fingerprint density at radius 2 is 1.00 bits per heavy atom. The van der Waals surface area contributed by atoms with E-state index in [-0.39, 0.29) is 0 Å². The number of nitrogens with zero attached hydrogens (tertiary/aromatic N) is 1. The molecule has 0 atom stereocenters. The summed E-state index contributed by atoms with van der Waals surface area (Å²) in [7, 11) is 0. The van der Waals surface area contributed by atoms with Crippen molar-refractivity contribution >= 4 is 0 Å². The fourth-order valence-corrected chi connectivity index (χ4v) is 4.28. The van der Waals surface area contributed by atoms with Gasteiger partial charge in [-0.1, -0.05) is 103 Å². The van der Waals surface area contributed by atoms with Crippen LogP contribution in [0.25, 0.3) is 0 Å². The second-order valence-corrected chi connectivity index (χ2v) is 9.55. The van der Waals surface area contributed by atoms with Crippen molar-refractivity contribution in [1.82, 2.24) is 0 Å². The van der Waals surface area contributed by atoms with Gasteiger partial charge < -0.3 is 0 Å². The van der Waals surface area contributed by atoms with Gasteiger partial charge in [0.25, 0.3) is 0 Å². The van der Waals surface area contributed by atoms with E-state index in [0.29, 0.717) is 0 Å². The first-order chi connectivity index (χ1) is 15.4. The van der Waals surface area contributed by atoms with Crippen LogP contribution in [-0.4, -0.2) is 0 Å². The van der Waals surface area contributed by atoms with Gasteiger partial charge in [-0.05, 0) is 50.5 Å². The Labute approximate surface area is 195 Å². The van der Waals surface area contributed by atoms with Crippen LogP contribution in [0.5, 0.6) is 0 Å². The number of hydrogen-bond acceptors (Lipinski definition) is 0. The minimum Gasteiger partial charge on any atom is -0.205 e. The number of unbranched alkanes of at least 4 members (excludes halogenated alkanes) is 16. The van der Waals surface area contributed by atoms with Crippen LogP contribution in [0.2, 0.25) is 0 Å². The van der Waals surface area contributed by atoms with E-state index in [4.69, 9.17) is 0 Å². The van der Waals surface area contributed by atoms with Crippen LogP contribution in [0.3, 0.4) is 0 Å². The van der Waals surface area contributed by atoms with Gasteiger partial charge in [0, 0.05) is 18.6 Å². The van der Waals surface area contributed by atoms with Crippen LogP contribution in [0.1, 0.15) is 141 Å². The fraction of sp³-hybridized carbons (Fsp3) is 0.767. The third-order valence-corrected chi connectivity index (χ3v) is 6.46. The normalized spacial score (nSPS) is 11.5. The Morgan fingerprint density at radius 3 is 1.55 bits per heavy atom. The quantitative estimate of drug-likeness (QED) is 0.0983. The highest BCUT2D eigenvalue weighted by atomic mass is 14.9. The minimum absolute atomic E-state index is 1.18. The molecule has 1 aromatic heterocycles. The van der Waals surface area contributed by atoms with Crippen molar-refractivity contribution in [1.29, 1.82) is 0 Å². The van der Waals surface area contributed by atoms with Crippen molar-refractivity contribution in [3.05, 3.63) is 42.2 Å². The monoisotopic (exact) mass is 428 g/mol. The largest absolute Gasteiger partial charge is 0.205 e. The summed E-state index contributed by atoms with van der Waals surface area (Å²) in [5, 5.41) is 0. The molecule has 0 unspecified atom stereocenters. The molecule has 1 rings (SSSR count). The number of hydrogen-bond donors (Lipinski definition) is 0. The molecule has 0 fully saturated rings. The van der Waals surface area contributed by atoms with E-state index >= 15 is 0 Å². The second-order valence-electron chi connectivity index (χ2n) is 9.55. The van der Waals surface area contributed by atoms with Crippen molar-refractivity contribution in [2.75, 3.05) is 0 Å². The van der Waals surface area contributed by atoms with E-state index < -0.39 is 0 Å². The molecule has 0 amide bonds. The van der Waals surface area contributed by atoms with Crippen molar-refractivity contribution < 1.29 is 4.57 Å². The van der Waals surface area contributed by atoms with Gasteiger partial charge in [-0.3, -0.25) is 0 Å². The topological polar surface area (TPSA) is 3.88 Å². The first-order valence-corrected chi connectivity index (χ1v) is 14.0. The summed E-state index contributed by atoms with van der Waals surface area (Å²) < 4.78 is 2.37. The van der Waals surface area contributed by atoms with E-state index in [9.17, 15) is 0 Å². The molecule has 0 bridgehead atoms. The molecule has 0 saturated heterocycles. The molecule has 0 N–H and O–H groups in total.